The Balaban J connectivity index is 1.19. The molecule has 2 aliphatic rings. The summed E-state index contributed by atoms with van der Waals surface area (Å²) < 4.78 is 17.2. The molecule has 0 saturated carbocycles. The summed E-state index contributed by atoms with van der Waals surface area (Å²) in [4.78, 5) is 18.8. The number of aliphatic hydroxyl groups is 1. The van der Waals surface area contributed by atoms with Crippen molar-refractivity contribution in [1.82, 2.24) is 15.3 Å². The van der Waals surface area contributed by atoms with E-state index in [1.165, 1.54) is 5.56 Å². The molecule has 0 aliphatic carbocycles. The van der Waals surface area contributed by atoms with E-state index in [2.05, 4.69) is 56.9 Å². The zero-order valence-electron chi connectivity index (χ0n) is 21.2. The number of ether oxygens (including phenoxy) is 3. The molecule has 2 saturated heterocycles. The molecule has 6 rings (SSSR count). The van der Waals surface area contributed by atoms with Gasteiger partial charge >= 0.3 is 0 Å². The van der Waals surface area contributed by atoms with Crippen LogP contribution in [0, 0.1) is 4.91 Å². The van der Waals surface area contributed by atoms with E-state index in [9.17, 15) is 10.0 Å². The molecule has 2 fully saturated rings. The van der Waals surface area contributed by atoms with Gasteiger partial charge in [0.15, 0.2) is 12.1 Å². The van der Waals surface area contributed by atoms with Crippen LogP contribution in [0.15, 0.2) is 65.8 Å². The molecule has 9 nitrogen and oxygen atoms in total. The van der Waals surface area contributed by atoms with Crippen molar-refractivity contribution >= 4 is 22.6 Å². The molecule has 4 atom stereocenters. The van der Waals surface area contributed by atoms with E-state index in [1.807, 2.05) is 18.2 Å². The Bertz CT molecular complexity index is 1430. The van der Waals surface area contributed by atoms with Crippen molar-refractivity contribution in [1.29, 1.82) is 0 Å². The molecular weight excluding hydrogens is 520 g/mol. The molecule has 3 heterocycles. The topological polar surface area (TPSA) is 118 Å². The molecule has 2 aliphatic heterocycles. The fourth-order valence-corrected chi connectivity index (χ4v) is 5.47. The maximum absolute atomic E-state index is 11.2. The van der Waals surface area contributed by atoms with Crippen molar-refractivity contribution in [3.63, 3.8) is 0 Å². The quantitative estimate of drug-likeness (QED) is 0.282. The third-order valence-electron chi connectivity index (χ3n) is 7.34. The molecular formula is C29H29ClN4O5. The number of benzene rings is 3. The Morgan fingerprint density at radius 1 is 1.03 bits per heavy atom. The summed E-state index contributed by atoms with van der Waals surface area (Å²) in [6, 6.07) is 20.0. The van der Waals surface area contributed by atoms with Gasteiger partial charge in [-0.05, 0) is 47.4 Å². The predicted octanol–water partition coefficient (Wildman–Crippen LogP) is 4.87. The lowest BCUT2D eigenvalue weighted by Crippen LogP contribution is -2.34. The Hall–Kier alpha value is -3.34. The van der Waals surface area contributed by atoms with E-state index in [-0.39, 0.29) is 25.3 Å². The van der Waals surface area contributed by atoms with Crippen LogP contribution in [0.4, 0.5) is 0 Å². The molecule has 39 heavy (non-hydrogen) atoms. The van der Waals surface area contributed by atoms with Gasteiger partial charge in [-0.15, -0.1) is 0 Å². The smallest absolute Gasteiger partial charge is 0.295 e. The highest BCUT2D eigenvalue weighted by molar-refractivity contribution is 6.34. The number of halogens is 1. The first-order valence-corrected chi connectivity index (χ1v) is 13.4. The van der Waals surface area contributed by atoms with Crippen LogP contribution in [0.5, 0.6) is 6.01 Å². The van der Waals surface area contributed by atoms with Gasteiger partial charge in [0.05, 0.1) is 42.0 Å². The van der Waals surface area contributed by atoms with Crippen LogP contribution >= 0.6 is 11.6 Å². The summed E-state index contributed by atoms with van der Waals surface area (Å²) >= 11 is 6.65. The van der Waals surface area contributed by atoms with Crippen LogP contribution in [0.25, 0.3) is 33.3 Å². The number of aromatic nitrogens is 2. The maximum atomic E-state index is 11.2. The summed E-state index contributed by atoms with van der Waals surface area (Å²) in [5.74, 6) is 0. The van der Waals surface area contributed by atoms with Crippen LogP contribution in [-0.2, 0) is 9.47 Å². The van der Waals surface area contributed by atoms with Gasteiger partial charge in [0.1, 0.15) is 6.10 Å². The largest absolute Gasteiger partial charge is 0.456 e. The average molecular weight is 549 g/mol. The molecule has 0 radical (unpaired) electrons. The van der Waals surface area contributed by atoms with Gasteiger partial charge < -0.3 is 29.6 Å². The van der Waals surface area contributed by atoms with E-state index in [0.717, 1.165) is 48.4 Å². The van der Waals surface area contributed by atoms with Crippen LogP contribution in [0.3, 0.4) is 0 Å². The van der Waals surface area contributed by atoms with E-state index >= 15 is 0 Å². The van der Waals surface area contributed by atoms with Crippen molar-refractivity contribution in [3.8, 4) is 28.3 Å². The lowest BCUT2D eigenvalue weighted by molar-refractivity contribution is 0.0494. The fourth-order valence-electron chi connectivity index (χ4n) is 5.19. The number of hydrogen-bond acceptors (Lipinski definition) is 8. The van der Waals surface area contributed by atoms with Crippen LogP contribution in [0.1, 0.15) is 18.1 Å². The predicted molar refractivity (Wildman–Crippen MR) is 149 cm³/mol. The van der Waals surface area contributed by atoms with Crippen molar-refractivity contribution in [2.24, 2.45) is 5.18 Å². The number of rotatable bonds is 7. The molecule has 0 amide bonds. The van der Waals surface area contributed by atoms with Crippen molar-refractivity contribution < 1.29 is 19.3 Å². The highest BCUT2D eigenvalue weighted by Gasteiger charge is 2.40. The minimum absolute atomic E-state index is 0.133. The standard InChI is InChI=1S/C29H29ClN4O5/c30-22-14-24-23(32-29(33-24)39-27-16-38-26(15-35)28(27)34-36)13-21(22)19-5-1-17(2-6-19)18-3-7-20(8-4-18)25-9-10-31-11-12-37-25/h1-8,13-14,25-28,31,35H,9-12,15-16H2,(H,32,33)/t25?,26-,27-,28?/m1/s1. The summed E-state index contributed by atoms with van der Waals surface area (Å²) in [7, 11) is 0. The molecule has 2 unspecified atom stereocenters. The summed E-state index contributed by atoms with van der Waals surface area (Å²) in [6.07, 6.45) is -0.202. The van der Waals surface area contributed by atoms with E-state index in [4.69, 9.17) is 25.8 Å². The highest BCUT2D eigenvalue weighted by atomic mass is 35.5. The monoisotopic (exact) mass is 548 g/mol. The summed E-state index contributed by atoms with van der Waals surface area (Å²) in [5.41, 5.74) is 6.64. The van der Waals surface area contributed by atoms with Gasteiger partial charge in [-0.2, -0.15) is 9.89 Å². The van der Waals surface area contributed by atoms with Crippen LogP contribution < -0.4 is 10.1 Å². The molecule has 3 aromatic carbocycles. The summed E-state index contributed by atoms with van der Waals surface area (Å²) in [5, 5.41) is 16.4. The zero-order valence-corrected chi connectivity index (χ0v) is 21.9. The van der Waals surface area contributed by atoms with E-state index in [0.29, 0.717) is 16.1 Å². The van der Waals surface area contributed by atoms with Gasteiger partial charge in [0, 0.05) is 12.1 Å². The number of hydrogen-bond donors (Lipinski definition) is 3. The minimum Gasteiger partial charge on any atom is -0.456 e. The van der Waals surface area contributed by atoms with Gasteiger partial charge in [-0.25, -0.2) is 0 Å². The first kappa shape index (κ1) is 25.9. The van der Waals surface area contributed by atoms with E-state index < -0.39 is 18.2 Å². The lowest BCUT2D eigenvalue weighted by atomic mass is 9.98. The first-order valence-electron chi connectivity index (χ1n) is 13.1. The second-order valence-electron chi connectivity index (χ2n) is 9.80. The number of fused-ring (bicyclic) bond motifs is 1. The zero-order chi connectivity index (χ0) is 26.8. The number of imidazole rings is 1. The number of H-pyrrole nitrogens is 1. The molecule has 4 aromatic rings. The summed E-state index contributed by atoms with van der Waals surface area (Å²) in [6.45, 7) is 2.44. The molecule has 0 spiro atoms. The van der Waals surface area contributed by atoms with Crippen LogP contribution in [-0.4, -0.2) is 66.2 Å². The molecule has 10 heteroatoms. The second-order valence-corrected chi connectivity index (χ2v) is 10.2. The van der Waals surface area contributed by atoms with Gasteiger partial charge in [0.2, 0.25) is 0 Å². The molecule has 202 valence electrons. The maximum Gasteiger partial charge on any atom is 0.295 e. The number of nitrogens with one attached hydrogen (secondary N) is 2. The number of aliphatic hydroxyl groups excluding tert-OH is 1. The van der Waals surface area contributed by atoms with Crippen molar-refractivity contribution in [2.45, 2.75) is 30.8 Å². The third-order valence-corrected chi connectivity index (χ3v) is 7.66. The van der Waals surface area contributed by atoms with Crippen molar-refractivity contribution in [2.75, 3.05) is 32.9 Å². The Morgan fingerprint density at radius 3 is 2.51 bits per heavy atom. The number of nitroso groups, excluding NO2 is 1. The van der Waals surface area contributed by atoms with Gasteiger partial charge in [-0.1, -0.05) is 65.3 Å². The van der Waals surface area contributed by atoms with Gasteiger partial charge in [-0.3, -0.25) is 0 Å². The molecule has 0 bridgehead atoms. The number of nitrogens with zero attached hydrogens (tertiary/aromatic N) is 2. The minimum atomic E-state index is -0.806. The lowest BCUT2D eigenvalue weighted by Gasteiger charge is -2.15. The normalized spacial score (nSPS) is 23.5. The average Bonchev–Trinajstić information content (AvgIpc) is 3.43. The fraction of sp³-hybridized carbons (Fsp3) is 0.345. The van der Waals surface area contributed by atoms with E-state index in [1.54, 1.807) is 6.07 Å². The Labute approximate surface area is 230 Å². The third kappa shape index (κ3) is 5.41. The Kier molecular flexibility index (Phi) is 7.58. The Morgan fingerprint density at radius 2 is 1.77 bits per heavy atom. The van der Waals surface area contributed by atoms with Crippen molar-refractivity contribution in [3.05, 3.63) is 76.2 Å². The SMILES string of the molecule is O=NC1[C@@H](CO)OC[C@H]1Oc1nc2cc(-c3ccc(-c4ccc(C5CCNCCO5)cc4)cc3)c(Cl)cc2[nH]1. The van der Waals surface area contributed by atoms with Gasteiger partial charge in [0.25, 0.3) is 6.01 Å². The second kappa shape index (κ2) is 11.4. The van der Waals surface area contributed by atoms with Crippen LogP contribution in [0.2, 0.25) is 5.02 Å². The first-order chi connectivity index (χ1) is 19.1. The number of aromatic amines is 1. The molecule has 1 aromatic heterocycles. The highest BCUT2D eigenvalue weighted by Crippen LogP contribution is 2.34. The molecule has 3 N–H and O–H groups in total.